The summed E-state index contributed by atoms with van der Waals surface area (Å²) in [6.07, 6.45) is 0.788. The van der Waals surface area contributed by atoms with Crippen LogP contribution in [0.4, 0.5) is 11.4 Å². The Hall–Kier alpha value is -1.63. The molecule has 0 unspecified atom stereocenters. The van der Waals surface area contributed by atoms with Gasteiger partial charge in [0.1, 0.15) is 6.54 Å². The Morgan fingerprint density at radius 1 is 1.56 bits per heavy atom. The number of hydrogen-bond donors (Lipinski definition) is 1. The van der Waals surface area contributed by atoms with Crippen LogP contribution in [0.2, 0.25) is 0 Å². The normalized spacial score (nSPS) is 10.1. The average Bonchev–Trinajstić information content (AvgIpc) is 2.27. The van der Waals surface area contributed by atoms with Gasteiger partial charge < -0.3 is 10.0 Å². The third kappa shape index (κ3) is 3.69. The number of halogens is 1. The van der Waals surface area contributed by atoms with Gasteiger partial charge in [-0.1, -0.05) is 6.92 Å². The number of rotatable bonds is 6. The Kier molecular flexibility index (Phi) is 5.08. The number of carboxylic acids is 1. The van der Waals surface area contributed by atoms with Crippen LogP contribution in [0.5, 0.6) is 0 Å². The Morgan fingerprint density at radius 2 is 2.22 bits per heavy atom. The molecule has 0 bridgehead atoms. The second-order valence-corrected chi connectivity index (χ2v) is 4.56. The van der Waals surface area contributed by atoms with Crippen LogP contribution in [-0.2, 0) is 4.79 Å². The molecule has 1 N–H and O–H groups in total. The third-order valence-electron chi connectivity index (χ3n) is 2.30. The summed E-state index contributed by atoms with van der Waals surface area (Å²) >= 11 is 3.24. The minimum Gasteiger partial charge on any atom is -0.480 e. The third-order valence-corrected chi connectivity index (χ3v) is 2.94. The molecule has 0 heterocycles. The summed E-state index contributed by atoms with van der Waals surface area (Å²) in [5, 5.41) is 19.5. The topological polar surface area (TPSA) is 83.7 Å². The number of nitro groups is 1. The molecule has 0 aliphatic heterocycles. The minimum absolute atomic E-state index is 0.0302. The van der Waals surface area contributed by atoms with Crippen LogP contribution in [0.25, 0.3) is 0 Å². The fourth-order valence-electron chi connectivity index (χ4n) is 1.58. The van der Waals surface area contributed by atoms with E-state index in [9.17, 15) is 14.9 Å². The Labute approximate surface area is 112 Å². The molecule has 0 amide bonds. The highest BCUT2D eigenvalue weighted by molar-refractivity contribution is 9.10. The van der Waals surface area contributed by atoms with Crippen molar-refractivity contribution in [1.82, 2.24) is 0 Å². The van der Waals surface area contributed by atoms with E-state index in [-0.39, 0.29) is 12.2 Å². The van der Waals surface area contributed by atoms with Crippen molar-refractivity contribution in [3.63, 3.8) is 0 Å². The Balaban J connectivity index is 3.04. The number of benzene rings is 1. The van der Waals surface area contributed by atoms with E-state index in [1.807, 2.05) is 6.92 Å². The molecule has 0 saturated carbocycles. The van der Waals surface area contributed by atoms with Gasteiger partial charge in [0.05, 0.1) is 10.6 Å². The van der Waals surface area contributed by atoms with Crippen molar-refractivity contribution in [2.24, 2.45) is 0 Å². The van der Waals surface area contributed by atoms with Gasteiger partial charge in [-0.15, -0.1) is 0 Å². The van der Waals surface area contributed by atoms with Crippen molar-refractivity contribution in [3.05, 3.63) is 32.8 Å². The predicted molar refractivity (Wildman–Crippen MR) is 70.9 cm³/mol. The fraction of sp³-hybridized carbons (Fsp3) is 0.364. The number of non-ortho nitro benzene ring substituents is 1. The molecule has 0 saturated heterocycles. The highest BCUT2D eigenvalue weighted by Gasteiger charge is 2.15. The summed E-state index contributed by atoms with van der Waals surface area (Å²) in [4.78, 5) is 22.6. The van der Waals surface area contributed by atoms with Gasteiger partial charge >= 0.3 is 5.97 Å². The number of aliphatic carboxylic acids is 1. The maximum atomic E-state index is 10.8. The van der Waals surface area contributed by atoms with Crippen LogP contribution < -0.4 is 4.90 Å². The zero-order valence-corrected chi connectivity index (χ0v) is 11.4. The number of carboxylic acid groups (broad SMARTS) is 1. The first-order chi connectivity index (χ1) is 8.45. The van der Waals surface area contributed by atoms with Gasteiger partial charge in [0.15, 0.2) is 0 Å². The van der Waals surface area contributed by atoms with Crippen LogP contribution in [0.1, 0.15) is 13.3 Å². The smallest absolute Gasteiger partial charge is 0.323 e. The monoisotopic (exact) mass is 316 g/mol. The summed E-state index contributed by atoms with van der Waals surface area (Å²) < 4.78 is 0.520. The zero-order chi connectivity index (χ0) is 13.7. The lowest BCUT2D eigenvalue weighted by Gasteiger charge is -2.23. The molecule has 0 radical (unpaired) electrons. The van der Waals surface area contributed by atoms with E-state index in [0.29, 0.717) is 16.7 Å². The summed E-state index contributed by atoms with van der Waals surface area (Å²) in [6, 6.07) is 4.30. The van der Waals surface area contributed by atoms with Gasteiger partial charge in [0.25, 0.3) is 5.69 Å². The van der Waals surface area contributed by atoms with Crippen molar-refractivity contribution >= 4 is 33.3 Å². The van der Waals surface area contributed by atoms with Gasteiger partial charge in [-0.3, -0.25) is 14.9 Å². The van der Waals surface area contributed by atoms with Crippen molar-refractivity contribution in [1.29, 1.82) is 0 Å². The van der Waals surface area contributed by atoms with Crippen LogP contribution in [0, 0.1) is 10.1 Å². The molecule has 7 heteroatoms. The summed E-state index contributed by atoms with van der Waals surface area (Å²) in [5.41, 5.74) is 0.613. The van der Waals surface area contributed by atoms with Crippen LogP contribution in [0.3, 0.4) is 0 Å². The number of carbonyl (C=O) groups is 1. The standard InChI is InChI=1S/C11H13BrN2O4/c1-2-5-13(7-11(15)16)10-4-3-8(14(17)18)6-9(10)12/h3-4,6H,2,5,7H2,1H3,(H,15,16). The molecule has 1 aromatic carbocycles. The summed E-state index contributed by atoms with van der Waals surface area (Å²) in [5.74, 6) is -0.936. The van der Waals surface area contributed by atoms with E-state index < -0.39 is 10.9 Å². The second kappa shape index (κ2) is 6.34. The van der Waals surface area contributed by atoms with E-state index in [1.54, 1.807) is 11.0 Å². The first kappa shape index (κ1) is 14.4. The highest BCUT2D eigenvalue weighted by Crippen LogP contribution is 2.30. The molecule has 1 aromatic rings. The van der Waals surface area contributed by atoms with Gasteiger partial charge in [-0.25, -0.2) is 0 Å². The SMILES string of the molecule is CCCN(CC(=O)O)c1ccc([N+](=O)[O-])cc1Br. The molecule has 98 valence electrons. The lowest BCUT2D eigenvalue weighted by molar-refractivity contribution is -0.384. The molecule has 6 nitrogen and oxygen atoms in total. The zero-order valence-electron chi connectivity index (χ0n) is 9.80. The van der Waals surface area contributed by atoms with Crippen LogP contribution in [0.15, 0.2) is 22.7 Å². The first-order valence-electron chi connectivity index (χ1n) is 5.36. The lowest BCUT2D eigenvalue weighted by atomic mass is 10.2. The van der Waals surface area contributed by atoms with Gasteiger partial charge in [-0.2, -0.15) is 0 Å². The van der Waals surface area contributed by atoms with Gasteiger partial charge in [0, 0.05) is 23.2 Å². The maximum absolute atomic E-state index is 10.8. The number of nitrogens with zero attached hydrogens (tertiary/aromatic N) is 2. The Morgan fingerprint density at radius 3 is 2.67 bits per heavy atom. The van der Waals surface area contributed by atoms with E-state index in [4.69, 9.17) is 5.11 Å². The summed E-state index contributed by atoms with van der Waals surface area (Å²) in [6.45, 7) is 2.38. The van der Waals surface area contributed by atoms with Gasteiger partial charge in [0.2, 0.25) is 0 Å². The van der Waals surface area contributed by atoms with E-state index in [1.165, 1.54) is 12.1 Å². The lowest BCUT2D eigenvalue weighted by Crippen LogP contribution is -2.30. The number of nitro benzene ring substituents is 1. The van der Waals surface area contributed by atoms with Crippen LogP contribution >= 0.6 is 15.9 Å². The number of anilines is 1. The quantitative estimate of drug-likeness (QED) is 0.644. The average molecular weight is 317 g/mol. The fourth-order valence-corrected chi connectivity index (χ4v) is 2.20. The number of hydrogen-bond acceptors (Lipinski definition) is 4. The van der Waals surface area contributed by atoms with Crippen molar-refractivity contribution in [2.75, 3.05) is 18.0 Å². The molecule has 18 heavy (non-hydrogen) atoms. The van der Waals surface area contributed by atoms with Gasteiger partial charge in [-0.05, 0) is 28.4 Å². The van der Waals surface area contributed by atoms with Crippen LogP contribution in [-0.4, -0.2) is 29.1 Å². The molecule has 1 rings (SSSR count). The van der Waals surface area contributed by atoms with E-state index in [2.05, 4.69) is 15.9 Å². The molecular weight excluding hydrogens is 304 g/mol. The molecular formula is C11H13BrN2O4. The molecule has 0 fully saturated rings. The molecule has 0 aromatic heterocycles. The predicted octanol–water partition coefficient (Wildman–Crippen LogP) is 2.66. The molecule has 0 aliphatic rings. The molecule has 0 atom stereocenters. The highest BCUT2D eigenvalue weighted by atomic mass is 79.9. The van der Waals surface area contributed by atoms with Crippen molar-refractivity contribution < 1.29 is 14.8 Å². The second-order valence-electron chi connectivity index (χ2n) is 3.71. The van der Waals surface area contributed by atoms with Crippen molar-refractivity contribution in [2.45, 2.75) is 13.3 Å². The van der Waals surface area contributed by atoms with E-state index >= 15 is 0 Å². The molecule has 0 spiro atoms. The minimum atomic E-state index is -0.936. The van der Waals surface area contributed by atoms with E-state index in [0.717, 1.165) is 6.42 Å². The largest absolute Gasteiger partial charge is 0.480 e. The summed E-state index contributed by atoms with van der Waals surface area (Å²) in [7, 11) is 0. The van der Waals surface area contributed by atoms with Crippen molar-refractivity contribution in [3.8, 4) is 0 Å². The molecule has 0 aliphatic carbocycles. The first-order valence-corrected chi connectivity index (χ1v) is 6.15. The maximum Gasteiger partial charge on any atom is 0.323 e. The Bertz CT molecular complexity index is 464.